The molecule has 0 bridgehead atoms. The van der Waals surface area contributed by atoms with Gasteiger partial charge in [0.2, 0.25) is 0 Å². The lowest BCUT2D eigenvalue weighted by molar-refractivity contribution is 0.282. The molecule has 0 radical (unpaired) electrons. The van der Waals surface area contributed by atoms with E-state index in [9.17, 15) is 5.11 Å². The summed E-state index contributed by atoms with van der Waals surface area (Å²) < 4.78 is 0.340. The molecule has 0 amide bonds. The quantitative estimate of drug-likeness (QED) is 0.899. The Morgan fingerprint density at radius 3 is 2.89 bits per heavy atom. The van der Waals surface area contributed by atoms with Gasteiger partial charge in [-0.25, -0.2) is 0 Å². The van der Waals surface area contributed by atoms with Crippen LogP contribution in [-0.4, -0.2) is 28.7 Å². The van der Waals surface area contributed by atoms with E-state index in [0.29, 0.717) is 4.75 Å². The van der Waals surface area contributed by atoms with Gasteiger partial charge in [0, 0.05) is 39.9 Å². The first-order valence-electron chi connectivity index (χ1n) is 6.30. The van der Waals surface area contributed by atoms with Crippen molar-refractivity contribution in [2.75, 3.05) is 23.7 Å². The highest BCUT2D eigenvalue weighted by molar-refractivity contribution is 8.00. The molecule has 100 valence electrons. The molecule has 0 saturated carbocycles. The fourth-order valence-electron chi connectivity index (χ4n) is 2.23. The van der Waals surface area contributed by atoms with E-state index < -0.39 is 0 Å². The minimum Gasteiger partial charge on any atom is -0.392 e. The molecule has 1 fully saturated rings. The second-order valence-corrected chi connectivity index (χ2v) is 7.51. The van der Waals surface area contributed by atoms with E-state index in [1.807, 2.05) is 30.0 Å². The summed E-state index contributed by atoms with van der Waals surface area (Å²) in [5.41, 5.74) is 2.05. The summed E-state index contributed by atoms with van der Waals surface area (Å²) in [7, 11) is 0. The molecular weight excluding hydrogens is 266 g/mol. The Bertz CT molecular complexity index is 422. The Morgan fingerprint density at radius 1 is 1.39 bits per heavy atom. The molecule has 0 atom stereocenters. The highest BCUT2D eigenvalue weighted by Crippen LogP contribution is 2.34. The van der Waals surface area contributed by atoms with Gasteiger partial charge in [0.15, 0.2) is 0 Å². The Hall–Kier alpha value is -0.380. The van der Waals surface area contributed by atoms with E-state index in [1.165, 1.54) is 0 Å². The monoisotopic (exact) mass is 285 g/mol. The summed E-state index contributed by atoms with van der Waals surface area (Å²) in [5.74, 6) is 1.12. The zero-order chi connectivity index (χ0) is 13.2. The maximum Gasteiger partial charge on any atom is 0.0702 e. The third-order valence-corrected chi connectivity index (χ3v) is 5.00. The van der Waals surface area contributed by atoms with Gasteiger partial charge in [0.25, 0.3) is 0 Å². The molecule has 0 unspecified atom stereocenters. The summed E-state index contributed by atoms with van der Waals surface area (Å²) in [6, 6.07) is 5.73. The number of thioether (sulfide) groups is 1. The molecule has 0 spiro atoms. The number of rotatable bonds is 2. The number of benzene rings is 1. The first-order chi connectivity index (χ1) is 8.52. The van der Waals surface area contributed by atoms with Crippen LogP contribution in [-0.2, 0) is 6.61 Å². The number of aliphatic hydroxyl groups is 1. The number of hydrogen-bond donors (Lipinski definition) is 1. The van der Waals surface area contributed by atoms with Crippen molar-refractivity contribution in [2.45, 2.75) is 31.6 Å². The van der Waals surface area contributed by atoms with Crippen LogP contribution in [0.1, 0.15) is 25.8 Å². The minimum absolute atomic E-state index is 0.0690. The molecule has 2 rings (SSSR count). The maximum atomic E-state index is 9.44. The van der Waals surface area contributed by atoms with Crippen LogP contribution in [0.5, 0.6) is 0 Å². The molecule has 1 aromatic rings. The molecule has 1 N–H and O–H groups in total. The normalized spacial score (nSPS) is 19.7. The van der Waals surface area contributed by atoms with E-state index in [4.69, 9.17) is 11.6 Å². The van der Waals surface area contributed by atoms with Crippen LogP contribution in [0.2, 0.25) is 5.02 Å². The van der Waals surface area contributed by atoms with Crippen molar-refractivity contribution in [3.05, 3.63) is 28.8 Å². The third kappa shape index (κ3) is 3.34. The Morgan fingerprint density at radius 2 is 2.17 bits per heavy atom. The molecule has 1 aliphatic heterocycles. The van der Waals surface area contributed by atoms with Crippen LogP contribution in [0.25, 0.3) is 0 Å². The van der Waals surface area contributed by atoms with Crippen molar-refractivity contribution < 1.29 is 5.11 Å². The molecule has 18 heavy (non-hydrogen) atoms. The summed E-state index contributed by atoms with van der Waals surface area (Å²) in [6.45, 7) is 6.70. The van der Waals surface area contributed by atoms with Crippen molar-refractivity contribution in [3.63, 3.8) is 0 Å². The van der Waals surface area contributed by atoms with Gasteiger partial charge in [-0.1, -0.05) is 31.5 Å². The lowest BCUT2D eigenvalue weighted by Crippen LogP contribution is -2.27. The number of halogens is 1. The molecular formula is C14H20ClNOS. The predicted molar refractivity (Wildman–Crippen MR) is 80.7 cm³/mol. The first kappa shape index (κ1) is 14.0. The van der Waals surface area contributed by atoms with E-state index in [1.54, 1.807) is 0 Å². The number of hydrogen-bond acceptors (Lipinski definition) is 3. The molecule has 0 aliphatic carbocycles. The predicted octanol–water partition coefficient (Wildman–Crippen LogP) is 3.55. The lowest BCUT2D eigenvalue weighted by Gasteiger charge is -2.26. The molecule has 2 nitrogen and oxygen atoms in total. The largest absolute Gasteiger partial charge is 0.392 e. The van der Waals surface area contributed by atoms with E-state index in [-0.39, 0.29) is 6.61 Å². The van der Waals surface area contributed by atoms with Crippen molar-refractivity contribution in [2.24, 2.45) is 0 Å². The summed E-state index contributed by atoms with van der Waals surface area (Å²) in [4.78, 5) is 2.35. The van der Waals surface area contributed by atoms with Gasteiger partial charge in [0.1, 0.15) is 0 Å². The van der Waals surface area contributed by atoms with Crippen LogP contribution >= 0.6 is 23.4 Å². The van der Waals surface area contributed by atoms with E-state index in [2.05, 4.69) is 18.7 Å². The average Bonchev–Trinajstić information content (AvgIpc) is 2.50. The van der Waals surface area contributed by atoms with Crippen LogP contribution < -0.4 is 4.90 Å². The molecule has 4 heteroatoms. The number of nitrogens with zero attached hydrogens (tertiary/aromatic N) is 1. The van der Waals surface area contributed by atoms with Gasteiger partial charge < -0.3 is 10.0 Å². The zero-order valence-corrected chi connectivity index (χ0v) is 12.5. The molecule has 1 aromatic carbocycles. The van der Waals surface area contributed by atoms with E-state index >= 15 is 0 Å². The second kappa shape index (κ2) is 5.72. The Balaban J connectivity index is 2.23. The van der Waals surface area contributed by atoms with Crippen molar-refractivity contribution in [1.29, 1.82) is 0 Å². The van der Waals surface area contributed by atoms with Crippen molar-refractivity contribution >= 4 is 29.1 Å². The second-order valence-electron chi connectivity index (χ2n) is 5.28. The summed E-state index contributed by atoms with van der Waals surface area (Å²) in [5, 5.41) is 10.2. The van der Waals surface area contributed by atoms with Crippen LogP contribution in [0, 0.1) is 0 Å². The summed E-state index contributed by atoms with van der Waals surface area (Å²) in [6.07, 6.45) is 1.15. The Kier molecular flexibility index (Phi) is 4.46. The number of anilines is 1. The zero-order valence-electron chi connectivity index (χ0n) is 10.9. The molecule has 1 aliphatic rings. The Labute approximate surface area is 118 Å². The standard InChI is InChI=1S/C14H20ClNOS/c1-14(2)5-6-16(7-8-18-14)13-9-12(15)4-3-11(13)10-17/h3-4,9,17H,5-8,10H2,1-2H3. The van der Waals surface area contributed by atoms with Crippen molar-refractivity contribution in [1.82, 2.24) is 0 Å². The first-order valence-corrected chi connectivity index (χ1v) is 7.66. The highest BCUT2D eigenvalue weighted by atomic mass is 35.5. The van der Waals surface area contributed by atoms with Gasteiger partial charge in [-0.05, 0) is 18.6 Å². The van der Waals surface area contributed by atoms with Crippen LogP contribution in [0.15, 0.2) is 18.2 Å². The molecule has 1 saturated heterocycles. The smallest absolute Gasteiger partial charge is 0.0702 e. The fourth-order valence-corrected chi connectivity index (χ4v) is 3.49. The minimum atomic E-state index is 0.0690. The summed E-state index contributed by atoms with van der Waals surface area (Å²) >= 11 is 8.10. The highest BCUT2D eigenvalue weighted by Gasteiger charge is 2.24. The maximum absolute atomic E-state index is 9.44. The van der Waals surface area contributed by atoms with Gasteiger partial charge in [-0.15, -0.1) is 0 Å². The fraction of sp³-hybridized carbons (Fsp3) is 0.571. The molecule has 1 heterocycles. The van der Waals surface area contributed by atoms with Crippen LogP contribution in [0.4, 0.5) is 5.69 Å². The topological polar surface area (TPSA) is 23.5 Å². The third-order valence-electron chi connectivity index (χ3n) is 3.40. The van der Waals surface area contributed by atoms with E-state index in [0.717, 1.165) is 41.5 Å². The van der Waals surface area contributed by atoms with Crippen LogP contribution in [0.3, 0.4) is 0 Å². The van der Waals surface area contributed by atoms with Gasteiger partial charge in [-0.3, -0.25) is 0 Å². The van der Waals surface area contributed by atoms with Gasteiger partial charge in [-0.2, -0.15) is 11.8 Å². The number of aliphatic hydroxyl groups excluding tert-OH is 1. The average molecular weight is 286 g/mol. The van der Waals surface area contributed by atoms with Crippen molar-refractivity contribution in [3.8, 4) is 0 Å². The van der Waals surface area contributed by atoms with Gasteiger partial charge >= 0.3 is 0 Å². The van der Waals surface area contributed by atoms with Gasteiger partial charge in [0.05, 0.1) is 6.61 Å². The SMILES string of the molecule is CC1(C)CCN(c2cc(Cl)ccc2CO)CCS1. The lowest BCUT2D eigenvalue weighted by atomic mass is 10.1. The molecule has 0 aromatic heterocycles.